The Bertz CT molecular complexity index is 916. The molecule has 0 bridgehead atoms. The first-order valence-corrected chi connectivity index (χ1v) is 10.6. The molecule has 0 aliphatic carbocycles. The zero-order valence-corrected chi connectivity index (χ0v) is 18.4. The molecule has 0 atom stereocenters. The maximum absolute atomic E-state index is 6.00. The molecule has 0 saturated heterocycles. The number of nitrogen functional groups attached to an aromatic ring is 2. The molecule has 0 heterocycles. The Morgan fingerprint density at radius 2 is 1.06 bits per heavy atom. The highest BCUT2D eigenvalue weighted by Crippen LogP contribution is 2.28. The van der Waals surface area contributed by atoms with Crippen molar-refractivity contribution in [3.63, 3.8) is 0 Å². The van der Waals surface area contributed by atoms with E-state index in [0.717, 1.165) is 11.4 Å². The average molecular weight is 438 g/mol. The molecule has 3 rings (SSSR count). The van der Waals surface area contributed by atoms with Crippen molar-refractivity contribution in [3.05, 3.63) is 72.8 Å². The summed E-state index contributed by atoms with van der Waals surface area (Å²) in [5.74, 6) is 2.12. The largest absolute Gasteiger partial charge is 0.490 e. The van der Waals surface area contributed by atoms with Gasteiger partial charge in [0.15, 0.2) is 0 Å². The molecular weight excluding hydrogens is 406 g/mol. The highest BCUT2D eigenvalue weighted by Gasteiger charge is 2.13. The molecule has 3 aromatic carbocycles. The quantitative estimate of drug-likeness (QED) is 0.310. The van der Waals surface area contributed by atoms with E-state index in [1.807, 2.05) is 72.8 Å². The Labute approximate surface area is 189 Å². The average Bonchev–Trinajstić information content (AvgIpc) is 2.81. The van der Waals surface area contributed by atoms with Gasteiger partial charge in [0.1, 0.15) is 37.1 Å². The molecule has 0 radical (unpaired) electrons. The smallest absolute Gasteiger partial charge is 0.142 e. The summed E-state index contributed by atoms with van der Waals surface area (Å²) in [7, 11) is 1.65. The predicted molar refractivity (Wildman–Crippen MR) is 129 cm³/mol. The first-order chi connectivity index (χ1) is 15.7. The minimum absolute atomic E-state index is 0.452. The number of hydrogen-bond acceptors (Lipinski definition) is 7. The number of ether oxygens (including phenoxy) is 4. The fraction of sp³-hybridized carbons (Fsp3) is 0.280. The molecule has 0 unspecified atom stereocenters. The Balaban J connectivity index is 1.68. The molecule has 7 nitrogen and oxygen atoms in total. The molecule has 170 valence electrons. The van der Waals surface area contributed by atoms with Gasteiger partial charge in [-0.2, -0.15) is 0 Å². The van der Waals surface area contributed by atoms with Gasteiger partial charge in [-0.15, -0.1) is 0 Å². The summed E-state index contributed by atoms with van der Waals surface area (Å²) in [6.45, 7) is 3.12. The highest BCUT2D eigenvalue weighted by atomic mass is 16.5. The molecule has 0 aliphatic heterocycles. The number of nitrogens with zero attached hydrogens (tertiary/aromatic N) is 1. The third kappa shape index (κ3) is 6.72. The lowest BCUT2D eigenvalue weighted by Crippen LogP contribution is -2.33. The van der Waals surface area contributed by atoms with Crippen LogP contribution in [0.3, 0.4) is 0 Å². The fourth-order valence-electron chi connectivity index (χ4n) is 3.18. The van der Waals surface area contributed by atoms with Crippen molar-refractivity contribution in [2.45, 2.75) is 0 Å². The van der Waals surface area contributed by atoms with Gasteiger partial charge in [0.2, 0.25) is 0 Å². The maximum atomic E-state index is 6.00. The molecule has 0 saturated carbocycles. The second kappa shape index (κ2) is 12.3. The van der Waals surface area contributed by atoms with Crippen molar-refractivity contribution in [2.75, 3.05) is 63.0 Å². The summed E-state index contributed by atoms with van der Waals surface area (Å²) in [4.78, 5) is 2.17. The monoisotopic (exact) mass is 437 g/mol. The number of benzene rings is 3. The van der Waals surface area contributed by atoms with E-state index in [4.69, 9.17) is 30.4 Å². The van der Waals surface area contributed by atoms with Gasteiger partial charge in [-0.3, -0.25) is 0 Å². The van der Waals surface area contributed by atoms with Crippen molar-refractivity contribution in [1.29, 1.82) is 0 Å². The third-order valence-electron chi connectivity index (χ3n) is 4.83. The highest BCUT2D eigenvalue weighted by molar-refractivity contribution is 5.59. The second-order valence-corrected chi connectivity index (χ2v) is 7.07. The Morgan fingerprint density at radius 1 is 0.594 bits per heavy atom. The van der Waals surface area contributed by atoms with E-state index in [1.54, 1.807) is 7.11 Å². The summed E-state index contributed by atoms with van der Waals surface area (Å²) in [5.41, 5.74) is 14.2. The van der Waals surface area contributed by atoms with Crippen LogP contribution in [0, 0.1) is 0 Å². The minimum atomic E-state index is 0.452. The zero-order chi connectivity index (χ0) is 22.6. The van der Waals surface area contributed by atoms with Gasteiger partial charge < -0.3 is 35.3 Å². The molecule has 0 spiro atoms. The van der Waals surface area contributed by atoms with Crippen LogP contribution in [0.15, 0.2) is 72.8 Å². The number of para-hydroxylation sites is 6. The Morgan fingerprint density at radius 3 is 1.59 bits per heavy atom. The third-order valence-corrected chi connectivity index (χ3v) is 4.83. The van der Waals surface area contributed by atoms with Crippen LogP contribution in [0.25, 0.3) is 0 Å². The number of anilines is 3. The summed E-state index contributed by atoms with van der Waals surface area (Å²) >= 11 is 0. The number of methoxy groups -OCH3 is 1. The second-order valence-electron chi connectivity index (χ2n) is 7.07. The van der Waals surface area contributed by atoms with E-state index in [0.29, 0.717) is 62.4 Å². The number of rotatable bonds is 13. The van der Waals surface area contributed by atoms with E-state index < -0.39 is 0 Å². The topological polar surface area (TPSA) is 92.2 Å². The molecule has 32 heavy (non-hydrogen) atoms. The van der Waals surface area contributed by atoms with Crippen molar-refractivity contribution >= 4 is 17.1 Å². The lowest BCUT2D eigenvalue weighted by Gasteiger charge is -2.27. The SMILES string of the molecule is COCCOc1ccccc1N(CCOc1ccccc1N)CCOc1ccccc1N. The summed E-state index contributed by atoms with van der Waals surface area (Å²) < 4.78 is 22.9. The van der Waals surface area contributed by atoms with E-state index in [9.17, 15) is 0 Å². The molecule has 0 fully saturated rings. The van der Waals surface area contributed by atoms with Gasteiger partial charge in [0, 0.05) is 7.11 Å². The van der Waals surface area contributed by atoms with E-state index in [1.165, 1.54) is 0 Å². The van der Waals surface area contributed by atoms with Crippen LogP contribution in [0.5, 0.6) is 17.2 Å². The molecule has 4 N–H and O–H groups in total. The molecule has 0 aliphatic rings. The standard InChI is InChI=1S/C25H31N3O4/c1-29-18-19-32-25-13-7-4-10-22(25)28(14-16-30-23-11-5-2-8-20(23)26)15-17-31-24-12-6-3-9-21(24)27/h2-13H,14-19,26-27H2,1H3. The van der Waals surface area contributed by atoms with Gasteiger partial charge in [0.05, 0.1) is 36.8 Å². The predicted octanol–water partition coefficient (Wildman–Crippen LogP) is 3.84. The van der Waals surface area contributed by atoms with E-state index >= 15 is 0 Å². The zero-order valence-electron chi connectivity index (χ0n) is 18.4. The molecule has 0 amide bonds. The van der Waals surface area contributed by atoms with E-state index in [2.05, 4.69) is 4.90 Å². The first kappa shape index (κ1) is 23.1. The molecular formula is C25H31N3O4. The summed E-state index contributed by atoms with van der Waals surface area (Å²) in [6, 6.07) is 22.9. The van der Waals surface area contributed by atoms with Crippen LogP contribution in [0.1, 0.15) is 0 Å². The summed E-state index contributed by atoms with van der Waals surface area (Å²) in [6.07, 6.45) is 0. The van der Waals surface area contributed by atoms with Crippen LogP contribution in [0.2, 0.25) is 0 Å². The normalized spacial score (nSPS) is 10.5. The molecule has 7 heteroatoms. The van der Waals surface area contributed by atoms with Gasteiger partial charge in [-0.25, -0.2) is 0 Å². The number of nitrogens with two attached hydrogens (primary N) is 2. The molecule has 0 aromatic heterocycles. The van der Waals surface area contributed by atoms with Gasteiger partial charge in [-0.1, -0.05) is 36.4 Å². The van der Waals surface area contributed by atoms with Gasteiger partial charge in [0.25, 0.3) is 0 Å². The fourth-order valence-corrected chi connectivity index (χ4v) is 3.18. The Hall–Kier alpha value is -3.58. The lowest BCUT2D eigenvalue weighted by molar-refractivity contribution is 0.146. The van der Waals surface area contributed by atoms with Crippen molar-refractivity contribution in [2.24, 2.45) is 0 Å². The van der Waals surface area contributed by atoms with Crippen molar-refractivity contribution < 1.29 is 18.9 Å². The molecule has 3 aromatic rings. The van der Waals surface area contributed by atoms with Crippen LogP contribution < -0.4 is 30.6 Å². The number of hydrogen-bond donors (Lipinski definition) is 2. The van der Waals surface area contributed by atoms with Crippen molar-refractivity contribution in [3.8, 4) is 17.2 Å². The van der Waals surface area contributed by atoms with Crippen LogP contribution in [0.4, 0.5) is 17.1 Å². The van der Waals surface area contributed by atoms with Gasteiger partial charge >= 0.3 is 0 Å². The first-order valence-electron chi connectivity index (χ1n) is 10.6. The Kier molecular flexibility index (Phi) is 8.89. The summed E-state index contributed by atoms with van der Waals surface area (Å²) in [5, 5.41) is 0. The minimum Gasteiger partial charge on any atom is -0.490 e. The van der Waals surface area contributed by atoms with Crippen LogP contribution in [-0.2, 0) is 4.74 Å². The van der Waals surface area contributed by atoms with Crippen LogP contribution >= 0.6 is 0 Å². The van der Waals surface area contributed by atoms with E-state index in [-0.39, 0.29) is 0 Å². The van der Waals surface area contributed by atoms with Crippen molar-refractivity contribution in [1.82, 2.24) is 0 Å². The van der Waals surface area contributed by atoms with Crippen LogP contribution in [-0.4, -0.2) is 46.6 Å². The van der Waals surface area contributed by atoms with Gasteiger partial charge in [-0.05, 0) is 36.4 Å². The lowest BCUT2D eigenvalue weighted by atomic mass is 10.2. The maximum Gasteiger partial charge on any atom is 0.142 e.